The van der Waals surface area contributed by atoms with Gasteiger partial charge in [-0.05, 0) is 17.7 Å². The van der Waals surface area contributed by atoms with E-state index in [1.54, 1.807) is 0 Å². The number of halogens is 1. The molecule has 14 heavy (non-hydrogen) atoms. The summed E-state index contributed by atoms with van der Waals surface area (Å²) in [7, 11) is 0. The van der Waals surface area contributed by atoms with E-state index in [9.17, 15) is 0 Å². The summed E-state index contributed by atoms with van der Waals surface area (Å²) in [5, 5.41) is 0.800. The number of thioether (sulfide) groups is 1. The van der Waals surface area contributed by atoms with E-state index in [-0.39, 0.29) is 0 Å². The fraction of sp³-hybridized carbons (Fsp3) is 0.273. The molecule has 0 radical (unpaired) electrons. The Kier molecular flexibility index (Phi) is 6.24. The number of rotatable bonds is 5. The van der Waals surface area contributed by atoms with Crippen LogP contribution in [0.3, 0.4) is 0 Å². The van der Waals surface area contributed by atoms with Crippen molar-refractivity contribution in [2.75, 3.05) is 11.5 Å². The lowest BCUT2D eigenvalue weighted by molar-refractivity contribution is 1.41. The zero-order chi connectivity index (χ0) is 10.2. The molecule has 0 aliphatic carbocycles. The molecule has 1 rings (SSSR count). The molecule has 76 valence electrons. The fourth-order valence-electron chi connectivity index (χ4n) is 0.968. The molecule has 0 saturated carbocycles. The van der Waals surface area contributed by atoms with Gasteiger partial charge in [0.25, 0.3) is 0 Å². The lowest BCUT2D eigenvalue weighted by Crippen LogP contribution is -1.80. The van der Waals surface area contributed by atoms with Crippen LogP contribution in [-0.2, 0) is 5.75 Å². The Hall–Kier alpha value is -0.0500. The molecule has 0 amide bonds. The average Bonchev–Trinajstić information content (AvgIpc) is 2.21. The average molecular weight is 245 g/mol. The molecule has 3 heteroatoms. The zero-order valence-electron chi connectivity index (χ0n) is 7.82. The van der Waals surface area contributed by atoms with Gasteiger partial charge >= 0.3 is 0 Å². The Morgan fingerprint density at radius 2 is 1.93 bits per heavy atom. The van der Waals surface area contributed by atoms with Crippen molar-refractivity contribution in [1.82, 2.24) is 0 Å². The summed E-state index contributed by atoms with van der Waals surface area (Å²) in [6.07, 6.45) is 4.21. The van der Waals surface area contributed by atoms with Crippen molar-refractivity contribution in [2.45, 2.75) is 5.75 Å². The van der Waals surface area contributed by atoms with Crippen molar-refractivity contribution in [3.8, 4) is 0 Å². The standard InChI is InChI=1S/C11H13ClS2/c12-11-5-3-10(4-6-11)9-14-8-2-1-7-13/h1-6,13H,7-9H2/b2-1+. The quantitative estimate of drug-likeness (QED) is 0.463. The van der Waals surface area contributed by atoms with Gasteiger partial charge in [0.15, 0.2) is 0 Å². The minimum Gasteiger partial charge on any atom is -0.175 e. The van der Waals surface area contributed by atoms with Gasteiger partial charge in [0, 0.05) is 22.3 Å². The van der Waals surface area contributed by atoms with E-state index in [0.29, 0.717) is 0 Å². The van der Waals surface area contributed by atoms with E-state index in [1.165, 1.54) is 5.56 Å². The smallest absolute Gasteiger partial charge is 0.0406 e. The fourth-order valence-corrected chi connectivity index (χ4v) is 2.06. The highest BCUT2D eigenvalue weighted by molar-refractivity contribution is 7.98. The molecule has 1 aromatic rings. The molecule has 0 fully saturated rings. The molecule has 0 spiro atoms. The molecule has 0 aliphatic rings. The van der Waals surface area contributed by atoms with Gasteiger partial charge in [0.1, 0.15) is 0 Å². The van der Waals surface area contributed by atoms with E-state index in [0.717, 1.165) is 22.3 Å². The molecule has 0 N–H and O–H groups in total. The third-order valence-electron chi connectivity index (χ3n) is 1.67. The summed E-state index contributed by atoms with van der Waals surface area (Å²) in [6.45, 7) is 0. The Morgan fingerprint density at radius 1 is 1.21 bits per heavy atom. The van der Waals surface area contributed by atoms with Gasteiger partial charge in [-0.3, -0.25) is 0 Å². The maximum absolute atomic E-state index is 5.79. The third kappa shape index (κ3) is 4.99. The van der Waals surface area contributed by atoms with Crippen LogP contribution >= 0.6 is 36.0 Å². The lowest BCUT2D eigenvalue weighted by Gasteiger charge is -1.99. The summed E-state index contributed by atoms with van der Waals surface area (Å²) in [5.74, 6) is 2.90. The second-order valence-corrected chi connectivity index (χ2v) is 4.63. The maximum Gasteiger partial charge on any atom is 0.0406 e. The van der Waals surface area contributed by atoms with Crippen molar-refractivity contribution in [1.29, 1.82) is 0 Å². The molecule has 0 atom stereocenters. The first-order valence-electron chi connectivity index (χ1n) is 4.41. The van der Waals surface area contributed by atoms with Crippen LogP contribution in [0.2, 0.25) is 5.02 Å². The summed E-state index contributed by atoms with van der Waals surface area (Å²) >= 11 is 11.8. The molecule has 0 aliphatic heterocycles. The minimum absolute atomic E-state index is 0.800. The van der Waals surface area contributed by atoms with Crippen molar-refractivity contribution < 1.29 is 0 Å². The lowest BCUT2D eigenvalue weighted by atomic mass is 10.2. The van der Waals surface area contributed by atoms with E-state index < -0.39 is 0 Å². The van der Waals surface area contributed by atoms with E-state index in [2.05, 4.69) is 36.9 Å². The normalized spacial score (nSPS) is 11.0. The topological polar surface area (TPSA) is 0 Å². The number of benzene rings is 1. The predicted molar refractivity (Wildman–Crippen MR) is 70.6 cm³/mol. The van der Waals surface area contributed by atoms with Crippen LogP contribution in [0.15, 0.2) is 36.4 Å². The van der Waals surface area contributed by atoms with Gasteiger partial charge in [0.05, 0.1) is 0 Å². The first kappa shape index (κ1) is 12.0. The van der Waals surface area contributed by atoms with Gasteiger partial charge in [-0.25, -0.2) is 0 Å². The maximum atomic E-state index is 5.79. The van der Waals surface area contributed by atoms with Gasteiger partial charge in [-0.2, -0.15) is 24.4 Å². The monoisotopic (exact) mass is 244 g/mol. The summed E-state index contributed by atoms with van der Waals surface area (Å²) in [4.78, 5) is 0. The summed E-state index contributed by atoms with van der Waals surface area (Å²) < 4.78 is 0. The van der Waals surface area contributed by atoms with Crippen molar-refractivity contribution in [2.24, 2.45) is 0 Å². The van der Waals surface area contributed by atoms with E-state index in [1.807, 2.05) is 23.9 Å². The van der Waals surface area contributed by atoms with Crippen LogP contribution in [-0.4, -0.2) is 11.5 Å². The van der Waals surface area contributed by atoms with Crippen LogP contribution in [0, 0.1) is 0 Å². The van der Waals surface area contributed by atoms with E-state index in [4.69, 9.17) is 11.6 Å². The van der Waals surface area contributed by atoms with Crippen molar-refractivity contribution >= 4 is 36.0 Å². The van der Waals surface area contributed by atoms with Crippen LogP contribution in [0.5, 0.6) is 0 Å². The van der Waals surface area contributed by atoms with Crippen LogP contribution in [0.1, 0.15) is 5.56 Å². The highest BCUT2D eigenvalue weighted by Gasteiger charge is 1.92. The molecule has 1 aromatic carbocycles. The first-order valence-corrected chi connectivity index (χ1v) is 6.57. The molecule has 0 heterocycles. The molecule has 0 unspecified atom stereocenters. The minimum atomic E-state index is 0.800. The van der Waals surface area contributed by atoms with E-state index >= 15 is 0 Å². The second kappa shape index (κ2) is 7.27. The van der Waals surface area contributed by atoms with Crippen LogP contribution < -0.4 is 0 Å². The van der Waals surface area contributed by atoms with Crippen LogP contribution in [0.4, 0.5) is 0 Å². The molecule has 0 nitrogen and oxygen atoms in total. The summed E-state index contributed by atoms with van der Waals surface area (Å²) in [5.41, 5.74) is 1.32. The Bertz CT molecular complexity index is 280. The molecular weight excluding hydrogens is 232 g/mol. The van der Waals surface area contributed by atoms with Crippen LogP contribution in [0.25, 0.3) is 0 Å². The largest absolute Gasteiger partial charge is 0.175 e. The van der Waals surface area contributed by atoms with Crippen molar-refractivity contribution in [3.63, 3.8) is 0 Å². The summed E-state index contributed by atoms with van der Waals surface area (Å²) in [6, 6.07) is 8.00. The zero-order valence-corrected chi connectivity index (χ0v) is 10.3. The second-order valence-electron chi connectivity index (χ2n) is 2.80. The molecule has 0 bridgehead atoms. The highest BCUT2D eigenvalue weighted by Crippen LogP contribution is 2.15. The van der Waals surface area contributed by atoms with Crippen molar-refractivity contribution in [3.05, 3.63) is 47.0 Å². The number of hydrogen-bond donors (Lipinski definition) is 1. The molecular formula is C11H13ClS2. The Morgan fingerprint density at radius 3 is 2.57 bits per heavy atom. The number of hydrogen-bond acceptors (Lipinski definition) is 2. The molecule has 0 aromatic heterocycles. The van der Waals surface area contributed by atoms with Gasteiger partial charge in [-0.15, -0.1) is 0 Å². The number of thiol groups is 1. The highest BCUT2D eigenvalue weighted by atomic mass is 35.5. The predicted octanol–water partition coefficient (Wildman–Crippen LogP) is 4.06. The van der Waals surface area contributed by atoms with Gasteiger partial charge < -0.3 is 0 Å². The Balaban J connectivity index is 2.25. The third-order valence-corrected chi connectivity index (χ3v) is 3.10. The van der Waals surface area contributed by atoms with Gasteiger partial charge in [0.2, 0.25) is 0 Å². The SMILES string of the molecule is SC/C=C/CSCc1ccc(Cl)cc1. The van der Waals surface area contributed by atoms with Gasteiger partial charge in [-0.1, -0.05) is 35.9 Å². The molecule has 0 saturated heterocycles. The first-order chi connectivity index (χ1) is 6.83. The Labute approximate surface area is 100 Å².